The summed E-state index contributed by atoms with van der Waals surface area (Å²) in [6, 6.07) is 20.6. The van der Waals surface area contributed by atoms with Gasteiger partial charge in [0.25, 0.3) is 5.91 Å². The van der Waals surface area contributed by atoms with Gasteiger partial charge in [0, 0.05) is 24.1 Å². The van der Waals surface area contributed by atoms with E-state index in [9.17, 15) is 9.59 Å². The predicted molar refractivity (Wildman–Crippen MR) is 120 cm³/mol. The number of amides is 2. The van der Waals surface area contributed by atoms with Gasteiger partial charge in [-0.1, -0.05) is 30.3 Å². The highest BCUT2D eigenvalue weighted by molar-refractivity contribution is 6.13. The van der Waals surface area contributed by atoms with Crippen LogP contribution in [0.3, 0.4) is 0 Å². The third-order valence-corrected chi connectivity index (χ3v) is 5.13. The van der Waals surface area contributed by atoms with E-state index in [1.165, 1.54) is 0 Å². The summed E-state index contributed by atoms with van der Waals surface area (Å²) in [7, 11) is 0. The molecule has 1 saturated carbocycles. The van der Waals surface area contributed by atoms with Crippen molar-refractivity contribution < 1.29 is 14.3 Å². The Bertz CT molecular complexity index is 1160. The van der Waals surface area contributed by atoms with Crippen LogP contribution in [0.4, 0.5) is 11.4 Å². The smallest absolute Gasteiger partial charge is 0.257 e. The Morgan fingerprint density at radius 1 is 1.00 bits per heavy atom. The Morgan fingerprint density at radius 3 is 2.52 bits per heavy atom. The standard InChI is InChI=1S/C25H23N3O3/c26-12-3-4-13-31-21-9-5-8-20(16-21)27-25(30)22-14-18-6-1-2-7-19(18)15-23(22)28-24(29)17-10-11-17/h1-2,5-9,14-17H,3-4,10-11,13H2,(H,27,30)(H,28,29). The highest BCUT2D eigenvalue weighted by Gasteiger charge is 2.30. The number of anilines is 2. The van der Waals surface area contributed by atoms with E-state index < -0.39 is 0 Å². The zero-order valence-corrected chi connectivity index (χ0v) is 17.1. The number of benzene rings is 3. The molecule has 31 heavy (non-hydrogen) atoms. The Labute approximate surface area is 180 Å². The van der Waals surface area contributed by atoms with Gasteiger partial charge in [0.05, 0.1) is 23.9 Å². The van der Waals surface area contributed by atoms with Gasteiger partial charge in [0.15, 0.2) is 0 Å². The monoisotopic (exact) mass is 413 g/mol. The summed E-state index contributed by atoms with van der Waals surface area (Å²) in [6.45, 7) is 0.437. The maximum atomic E-state index is 13.1. The van der Waals surface area contributed by atoms with Crippen LogP contribution in [0.15, 0.2) is 60.7 Å². The van der Waals surface area contributed by atoms with Crippen molar-refractivity contribution in [3.8, 4) is 11.8 Å². The Kier molecular flexibility index (Phi) is 6.13. The molecular weight excluding hydrogens is 390 g/mol. The molecule has 0 aliphatic heterocycles. The fraction of sp³-hybridized carbons (Fsp3) is 0.240. The summed E-state index contributed by atoms with van der Waals surface area (Å²) in [5.41, 5.74) is 1.51. The Morgan fingerprint density at radius 2 is 1.77 bits per heavy atom. The summed E-state index contributed by atoms with van der Waals surface area (Å²) in [4.78, 5) is 25.5. The van der Waals surface area contributed by atoms with Crippen molar-refractivity contribution in [2.45, 2.75) is 25.7 Å². The fourth-order valence-electron chi connectivity index (χ4n) is 3.32. The van der Waals surface area contributed by atoms with Crippen molar-refractivity contribution in [3.63, 3.8) is 0 Å². The zero-order chi connectivity index (χ0) is 21.6. The van der Waals surface area contributed by atoms with E-state index in [0.29, 0.717) is 42.1 Å². The lowest BCUT2D eigenvalue weighted by atomic mass is 10.0. The summed E-state index contributed by atoms with van der Waals surface area (Å²) in [5.74, 6) is 0.310. The van der Waals surface area contributed by atoms with Crippen LogP contribution in [-0.2, 0) is 4.79 Å². The number of carbonyl (C=O) groups excluding carboxylic acids is 2. The second-order valence-electron chi connectivity index (χ2n) is 7.60. The van der Waals surface area contributed by atoms with Gasteiger partial charge in [0.1, 0.15) is 5.75 Å². The number of unbranched alkanes of at least 4 members (excludes halogenated alkanes) is 1. The quantitative estimate of drug-likeness (QED) is 0.501. The number of hydrogen-bond donors (Lipinski definition) is 2. The van der Waals surface area contributed by atoms with Gasteiger partial charge >= 0.3 is 0 Å². The SMILES string of the molecule is N#CCCCOc1cccc(NC(=O)c2cc3ccccc3cc2NC(=O)C2CC2)c1. The van der Waals surface area contributed by atoms with Gasteiger partial charge in [-0.25, -0.2) is 0 Å². The number of nitrogens with one attached hydrogen (secondary N) is 2. The molecule has 1 fully saturated rings. The molecule has 0 saturated heterocycles. The fourth-order valence-corrected chi connectivity index (χ4v) is 3.32. The number of ether oxygens (including phenoxy) is 1. The molecule has 0 spiro atoms. The number of rotatable bonds is 8. The third-order valence-electron chi connectivity index (χ3n) is 5.13. The third kappa shape index (κ3) is 5.20. The molecule has 0 aromatic heterocycles. The second kappa shape index (κ2) is 9.31. The molecule has 4 rings (SSSR count). The van der Waals surface area contributed by atoms with Gasteiger partial charge in [-0.3, -0.25) is 9.59 Å². The van der Waals surface area contributed by atoms with Crippen molar-refractivity contribution in [2.24, 2.45) is 5.92 Å². The molecule has 3 aromatic rings. The van der Waals surface area contributed by atoms with Gasteiger partial charge in [-0.2, -0.15) is 5.26 Å². The first kappa shape index (κ1) is 20.4. The Balaban J connectivity index is 1.55. The summed E-state index contributed by atoms with van der Waals surface area (Å²) < 4.78 is 5.64. The summed E-state index contributed by atoms with van der Waals surface area (Å²) in [5, 5.41) is 16.3. The number of nitrogens with zero attached hydrogens (tertiary/aromatic N) is 1. The van der Waals surface area contributed by atoms with Crippen LogP contribution < -0.4 is 15.4 Å². The number of hydrogen-bond acceptors (Lipinski definition) is 4. The van der Waals surface area contributed by atoms with Crippen LogP contribution in [0.1, 0.15) is 36.0 Å². The zero-order valence-electron chi connectivity index (χ0n) is 17.1. The minimum atomic E-state index is -0.307. The highest BCUT2D eigenvalue weighted by atomic mass is 16.5. The minimum Gasteiger partial charge on any atom is -0.493 e. The van der Waals surface area contributed by atoms with Crippen molar-refractivity contribution >= 4 is 34.0 Å². The molecule has 0 bridgehead atoms. The maximum absolute atomic E-state index is 13.1. The lowest BCUT2D eigenvalue weighted by Crippen LogP contribution is -2.19. The molecule has 0 heterocycles. The van der Waals surface area contributed by atoms with E-state index in [-0.39, 0.29) is 17.7 Å². The van der Waals surface area contributed by atoms with Crippen LogP contribution in [0.2, 0.25) is 0 Å². The van der Waals surface area contributed by atoms with E-state index in [1.807, 2.05) is 30.3 Å². The Hall–Kier alpha value is -3.85. The van der Waals surface area contributed by atoms with Crippen LogP contribution in [0.5, 0.6) is 5.75 Å². The lowest BCUT2D eigenvalue weighted by Gasteiger charge is -2.14. The normalized spacial score (nSPS) is 12.7. The van der Waals surface area contributed by atoms with Crippen LogP contribution in [-0.4, -0.2) is 18.4 Å². The highest BCUT2D eigenvalue weighted by Crippen LogP contribution is 2.32. The topological polar surface area (TPSA) is 91.2 Å². The largest absolute Gasteiger partial charge is 0.493 e. The van der Waals surface area contributed by atoms with Gasteiger partial charge < -0.3 is 15.4 Å². The molecule has 2 N–H and O–H groups in total. The average molecular weight is 413 g/mol. The molecule has 2 amide bonds. The molecule has 6 heteroatoms. The van der Waals surface area contributed by atoms with Crippen molar-refractivity contribution in [3.05, 3.63) is 66.2 Å². The molecule has 1 aliphatic rings. The maximum Gasteiger partial charge on any atom is 0.257 e. The minimum absolute atomic E-state index is 0.0391. The number of fused-ring (bicyclic) bond motifs is 1. The van der Waals surface area contributed by atoms with E-state index in [2.05, 4.69) is 16.7 Å². The first-order valence-electron chi connectivity index (χ1n) is 10.4. The van der Waals surface area contributed by atoms with Crippen LogP contribution >= 0.6 is 0 Å². The van der Waals surface area contributed by atoms with Crippen molar-refractivity contribution in [1.82, 2.24) is 0 Å². The van der Waals surface area contributed by atoms with Gasteiger partial charge in [-0.05, 0) is 54.3 Å². The predicted octanol–water partition coefficient (Wildman–Crippen LogP) is 5.12. The van der Waals surface area contributed by atoms with Crippen LogP contribution in [0.25, 0.3) is 10.8 Å². The summed E-state index contributed by atoms with van der Waals surface area (Å²) in [6.07, 6.45) is 2.87. The number of nitriles is 1. The summed E-state index contributed by atoms with van der Waals surface area (Å²) >= 11 is 0. The molecule has 0 unspecified atom stereocenters. The van der Waals surface area contributed by atoms with Crippen molar-refractivity contribution in [2.75, 3.05) is 17.2 Å². The molecule has 156 valence electrons. The molecule has 0 radical (unpaired) electrons. The van der Waals surface area contributed by atoms with Crippen LogP contribution in [0, 0.1) is 17.2 Å². The molecular formula is C25H23N3O3. The lowest BCUT2D eigenvalue weighted by molar-refractivity contribution is -0.117. The first-order valence-corrected chi connectivity index (χ1v) is 10.4. The molecule has 6 nitrogen and oxygen atoms in total. The molecule has 1 aliphatic carbocycles. The van der Waals surface area contributed by atoms with Crippen molar-refractivity contribution in [1.29, 1.82) is 5.26 Å². The molecule has 0 atom stereocenters. The van der Waals surface area contributed by atoms with E-state index in [4.69, 9.17) is 10.00 Å². The second-order valence-corrected chi connectivity index (χ2v) is 7.60. The number of carbonyl (C=O) groups is 2. The van der Waals surface area contributed by atoms with E-state index in [1.54, 1.807) is 30.3 Å². The van der Waals surface area contributed by atoms with E-state index in [0.717, 1.165) is 23.6 Å². The first-order chi connectivity index (χ1) is 15.1. The average Bonchev–Trinajstić information content (AvgIpc) is 3.62. The van der Waals surface area contributed by atoms with Gasteiger partial charge in [-0.15, -0.1) is 0 Å². The van der Waals surface area contributed by atoms with Gasteiger partial charge in [0.2, 0.25) is 5.91 Å². The van der Waals surface area contributed by atoms with E-state index >= 15 is 0 Å². The molecule has 3 aromatic carbocycles.